The van der Waals surface area contributed by atoms with Crippen LogP contribution in [0.15, 0.2) is 35.6 Å². The zero-order valence-electron chi connectivity index (χ0n) is 14.6. The van der Waals surface area contributed by atoms with Crippen LogP contribution in [0.5, 0.6) is 0 Å². The SMILES string of the molecule is CCNC(=NCCn1cc(C)cn1)NC(C)c1ccc(F)cc1F.I. The maximum atomic E-state index is 13.9. The van der Waals surface area contributed by atoms with Crippen LogP contribution >= 0.6 is 24.0 Å². The molecule has 0 saturated heterocycles. The first-order chi connectivity index (χ1) is 11.5. The number of aromatic nitrogens is 2. The maximum Gasteiger partial charge on any atom is 0.191 e. The molecule has 0 aliphatic rings. The number of rotatable bonds is 6. The number of guanidine groups is 1. The Hall–Kier alpha value is -1.71. The molecule has 1 atom stereocenters. The van der Waals surface area contributed by atoms with Gasteiger partial charge in [-0.2, -0.15) is 5.10 Å². The summed E-state index contributed by atoms with van der Waals surface area (Å²) in [6, 6.07) is 3.24. The van der Waals surface area contributed by atoms with Gasteiger partial charge in [-0.1, -0.05) is 6.07 Å². The van der Waals surface area contributed by atoms with Crippen LogP contribution in [-0.4, -0.2) is 28.8 Å². The van der Waals surface area contributed by atoms with Crippen LogP contribution in [0.3, 0.4) is 0 Å². The van der Waals surface area contributed by atoms with E-state index in [9.17, 15) is 8.78 Å². The van der Waals surface area contributed by atoms with Crippen molar-refractivity contribution in [1.82, 2.24) is 20.4 Å². The predicted octanol–water partition coefficient (Wildman–Crippen LogP) is 3.40. The smallest absolute Gasteiger partial charge is 0.191 e. The average molecular weight is 463 g/mol. The van der Waals surface area contributed by atoms with Gasteiger partial charge >= 0.3 is 0 Å². The summed E-state index contributed by atoms with van der Waals surface area (Å²) in [5.74, 6) is -0.575. The van der Waals surface area contributed by atoms with Gasteiger partial charge in [-0.25, -0.2) is 8.78 Å². The molecule has 2 rings (SSSR count). The Balaban J connectivity index is 0.00000312. The second-order valence-corrected chi connectivity index (χ2v) is 5.57. The topological polar surface area (TPSA) is 54.2 Å². The van der Waals surface area contributed by atoms with Gasteiger partial charge in [-0.3, -0.25) is 9.67 Å². The Labute approximate surface area is 163 Å². The molecule has 0 amide bonds. The molecule has 0 aliphatic carbocycles. The molecule has 5 nitrogen and oxygen atoms in total. The Bertz CT molecular complexity index is 702. The molecule has 0 spiro atoms. The minimum absolute atomic E-state index is 0. The van der Waals surface area contributed by atoms with Crippen molar-refractivity contribution in [1.29, 1.82) is 0 Å². The van der Waals surface area contributed by atoms with Gasteiger partial charge in [0.25, 0.3) is 0 Å². The summed E-state index contributed by atoms with van der Waals surface area (Å²) in [5, 5.41) is 10.5. The van der Waals surface area contributed by atoms with Gasteiger partial charge in [-0.15, -0.1) is 24.0 Å². The Morgan fingerprint density at radius 2 is 2.12 bits per heavy atom. The predicted molar refractivity (Wildman–Crippen MR) is 106 cm³/mol. The highest BCUT2D eigenvalue weighted by Gasteiger charge is 2.13. The molecule has 0 aliphatic heterocycles. The van der Waals surface area contributed by atoms with E-state index in [1.807, 2.05) is 24.7 Å². The molecule has 1 aromatic carbocycles. The third kappa shape index (κ3) is 6.60. The minimum atomic E-state index is -0.585. The van der Waals surface area contributed by atoms with E-state index in [2.05, 4.69) is 20.7 Å². The molecule has 0 bridgehead atoms. The third-order valence-corrected chi connectivity index (χ3v) is 3.49. The van der Waals surface area contributed by atoms with Gasteiger partial charge < -0.3 is 10.6 Å². The normalized spacial score (nSPS) is 12.4. The van der Waals surface area contributed by atoms with Crippen molar-refractivity contribution >= 4 is 29.9 Å². The molecule has 8 heteroatoms. The highest BCUT2D eigenvalue weighted by atomic mass is 127. The van der Waals surface area contributed by atoms with Crippen LogP contribution < -0.4 is 10.6 Å². The summed E-state index contributed by atoms with van der Waals surface area (Å²) in [4.78, 5) is 4.47. The van der Waals surface area contributed by atoms with Gasteiger partial charge in [-0.05, 0) is 32.4 Å². The molecule has 1 aromatic heterocycles. The third-order valence-electron chi connectivity index (χ3n) is 3.49. The molecule has 1 heterocycles. The van der Waals surface area contributed by atoms with Crippen molar-refractivity contribution in [3.05, 3.63) is 53.4 Å². The van der Waals surface area contributed by atoms with Gasteiger partial charge in [0.1, 0.15) is 11.6 Å². The molecular formula is C17H24F2IN5. The quantitative estimate of drug-likeness (QED) is 0.393. The Kier molecular flexibility index (Phi) is 8.81. The van der Waals surface area contributed by atoms with Gasteiger partial charge in [0.2, 0.25) is 0 Å². The number of benzene rings is 1. The number of nitrogens with one attached hydrogen (secondary N) is 2. The van der Waals surface area contributed by atoms with E-state index in [-0.39, 0.29) is 30.0 Å². The van der Waals surface area contributed by atoms with Crippen LogP contribution in [0.4, 0.5) is 8.78 Å². The molecule has 0 radical (unpaired) electrons. The number of halogens is 3. The van der Waals surface area contributed by atoms with Crippen LogP contribution in [0.25, 0.3) is 0 Å². The lowest BCUT2D eigenvalue weighted by molar-refractivity contribution is 0.550. The summed E-state index contributed by atoms with van der Waals surface area (Å²) >= 11 is 0. The van der Waals surface area contributed by atoms with E-state index >= 15 is 0 Å². The highest BCUT2D eigenvalue weighted by Crippen LogP contribution is 2.17. The summed E-state index contributed by atoms with van der Waals surface area (Å²) in [6.45, 7) is 7.62. The first-order valence-electron chi connectivity index (χ1n) is 7.98. The summed E-state index contributed by atoms with van der Waals surface area (Å²) in [7, 11) is 0. The van der Waals surface area contributed by atoms with Crippen molar-refractivity contribution in [2.75, 3.05) is 13.1 Å². The summed E-state index contributed by atoms with van der Waals surface area (Å²) in [5.41, 5.74) is 1.49. The minimum Gasteiger partial charge on any atom is -0.357 e. The standard InChI is InChI=1S/C17H23F2N5.HI/c1-4-20-17(21-7-8-24-11-12(2)10-22-24)23-13(3)15-6-5-14(18)9-16(15)19;/h5-6,9-11,13H,4,7-8H2,1-3H3,(H2,20,21,23);1H. The first kappa shape index (κ1) is 21.3. The molecular weight excluding hydrogens is 439 g/mol. The lowest BCUT2D eigenvalue weighted by Crippen LogP contribution is -2.39. The monoisotopic (exact) mass is 463 g/mol. The highest BCUT2D eigenvalue weighted by molar-refractivity contribution is 14.0. The molecule has 0 fully saturated rings. The zero-order valence-corrected chi connectivity index (χ0v) is 16.9. The van der Waals surface area contributed by atoms with Gasteiger partial charge in [0.15, 0.2) is 5.96 Å². The van der Waals surface area contributed by atoms with E-state index in [0.717, 1.165) is 11.6 Å². The molecule has 2 N–H and O–H groups in total. The number of aryl methyl sites for hydroxylation is 1. The van der Waals surface area contributed by atoms with Crippen molar-refractivity contribution in [2.45, 2.75) is 33.4 Å². The first-order valence-corrected chi connectivity index (χ1v) is 7.98. The molecule has 25 heavy (non-hydrogen) atoms. The number of aliphatic imine (C=N–C) groups is 1. The number of hydrogen-bond acceptors (Lipinski definition) is 2. The van der Waals surface area contributed by atoms with Crippen molar-refractivity contribution in [3.63, 3.8) is 0 Å². The fraction of sp³-hybridized carbons (Fsp3) is 0.412. The average Bonchev–Trinajstić information content (AvgIpc) is 2.92. The van der Waals surface area contributed by atoms with Crippen LogP contribution in [0.2, 0.25) is 0 Å². The lowest BCUT2D eigenvalue weighted by Gasteiger charge is -2.18. The van der Waals surface area contributed by atoms with E-state index in [1.165, 1.54) is 12.1 Å². The Morgan fingerprint density at radius 3 is 2.72 bits per heavy atom. The van der Waals surface area contributed by atoms with E-state index in [4.69, 9.17) is 0 Å². The second kappa shape index (κ2) is 10.3. The summed E-state index contributed by atoms with van der Waals surface area (Å²) in [6.07, 6.45) is 3.75. The van der Waals surface area contributed by atoms with Crippen LogP contribution in [-0.2, 0) is 6.54 Å². The zero-order chi connectivity index (χ0) is 17.5. The number of hydrogen-bond donors (Lipinski definition) is 2. The van der Waals surface area contributed by atoms with Crippen molar-refractivity contribution in [2.24, 2.45) is 4.99 Å². The fourth-order valence-corrected chi connectivity index (χ4v) is 2.31. The van der Waals surface area contributed by atoms with Gasteiger partial charge in [0, 0.05) is 24.4 Å². The van der Waals surface area contributed by atoms with E-state index in [0.29, 0.717) is 31.2 Å². The largest absolute Gasteiger partial charge is 0.357 e. The van der Waals surface area contributed by atoms with Crippen molar-refractivity contribution < 1.29 is 8.78 Å². The van der Waals surface area contributed by atoms with Gasteiger partial charge in [0.05, 0.1) is 25.3 Å². The molecule has 1 unspecified atom stereocenters. The lowest BCUT2D eigenvalue weighted by atomic mass is 10.1. The van der Waals surface area contributed by atoms with E-state index < -0.39 is 11.6 Å². The maximum absolute atomic E-state index is 13.9. The van der Waals surface area contributed by atoms with Crippen LogP contribution in [0.1, 0.15) is 31.0 Å². The summed E-state index contributed by atoms with van der Waals surface area (Å²) < 4.78 is 28.7. The van der Waals surface area contributed by atoms with Crippen LogP contribution in [0, 0.1) is 18.6 Å². The number of nitrogens with zero attached hydrogens (tertiary/aromatic N) is 3. The molecule has 0 saturated carbocycles. The molecule has 138 valence electrons. The second-order valence-electron chi connectivity index (χ2n) is 5.57. The fourth-order valence-electron chi connectivity index (χ4n) is 2.31. The van der Waals surface area contributed by atoms with E-state index in [1.54, 1.807) is 13.1 Å². The van der Waals surface area contributed by atoms with Crippen molar-refractivity contribution in [3.8, 4) is 0 Å². The Morgan fingerprint density at radius 1 is 1.36 bits per heavy atom. The molecule has 2 aromatic rings.